The lowest BCUT2D eigenvalue weighted by molar-refractivity contribution is -0.135. The van der Waals surface area contributed by atoms with E-state index in [0.29, 0.717) is 0 Å². The standard InChI is InChI=1S/C7H22O7Si5/c1-7(8)9-19(6)13-17(4)11-15(2)10-16(3)12-18(5)14-19/h15-18H,1-6H3. The summed E-state index contributed by atoms with van der Waals surface area (Å²) < 4.78 is 34.2. The Labute approximate surface area is 121 Å². The van der Waals surface area contributed by atoms with Gasteiger partial charge in [-0.25, -0.2) is 0 Å². The maximum atomic E-state index is 11.2. The van der Waals surface area contributed by atoms with Crippen LogP contribution in [0.1, 0.15) is 6.92 Å². The van der Waals surface area contributed by atoms with Gasteiger partial charge in [-0.2, -0.15) is 0 Å². The van der Waals surface area contributed by atoms with Crippen LogP contribution >= 0.6 is 0 Å². The highest BCUT2D eigenvalue weighted by Crippen LogP contribution is 2.16. The van der Waals surface area contributed by atoms with Crippen LogP contribution in [-0.4, -0.2) is 51.9 Å². The monoisotopic (exact) mass is 358 g/mol. The Bertz CT molecular complexity index is 300. The second-order valence-corrected chi connectivity index (χ2v) is 16.0. The van der Waals surface area contributed by atoms with E-state index in [1.54, 1.807) is 6.55 Å². The summed E-state index contributed by atoms with van der Waals surface area (Å²) in [6.45, 7) is 10.8. The van der Waals surface area contributed by atoms with Crippen molar-refractivity contribution in [2.75, 3.05) is 0 Å². The molecule has 1 rings (SSSR count). The number of rotatable bonds is 1. The van der Waals surface area contributed by atoms with Crippen molar-refractivity contribution in [2.24, 2.45) is 0 Å². The molecule has 0 amide bonds. The first-order chi connectivity index (χ1) is 8.70. The van der Waals surface area contributed by atoms with E-state index in [1.807, 2.05) is 26.2 Å². The van der Waals surface area contributed by atoms with Crippen LogP contribution in [-0.2, 0) is 29.8 Å². The minimum atomic E-state index is -3.01. The first-order valence-corrected chi connectivity index (χ1v) is 16.8. The van der Waals surface area contributed by atoms with E-state index in [1.165, 1.54) is 6.92 Å². The van der Waals surface area contributed by atoms with Crippen molar-refractivity contribution in [1.82, 2.24) is 0 Å². The van der Waals surface area contributed by atoms with Gasteiger partial charge in [-0.1, -0.05) is 0 Å². The summed E-state index contributed by atoms with van der Waals surface area (Å²) in [5, 5.41) is 0. The minimum Gasteiger partial charge on any atom is -0.475 e. The van der Waals surface area contributed by atoms with Crippen molar-refractivity contribution in [3.8, 4) is 0 Å². The zero-order valence-corrected chi connectivity index (χ0v) is 17.8. The van der Waals surface area contributed by atoms with Gasteiger partial charge in [-0.05, 0) is 26.2 Å². The fraction of sp³-hybridized carbons (Fsp3) is 0.857. The van der Waals surface area contributed by atoms with Gasteiger partial charge in [0.25, 0.3) is 24.5 Å². The summed E-state index contributed by atoms with van der Waals surface area (Å²) in [7, 11) is -10.3. The largest absolute Gasteiger partial charge is 0.546 e. The zero-order chi connectivity index (χ0) is 14.6. The Morgan fingerprint density at radius 3 is 1.63 bits per heavy atom. The SMILES string of the molecule is CC(=O)O[Si]1(C)O[SiH](C)O[SiH](C)O[SiH](C)O[SiH](C)O1. The smallest absolute Gasteiger partial charge is 0.475 e. The molecule has 1 aliphatic heterocycles. The Morgan fingerprint density at radius 2 is 1.26 bits per heavy atom. The average molecular weight is 359 g/mol. The van der Waals surface area contributed by atoms with Crippen molar-refractivity contribution in [2.45, 2.75) is 39.7 Å². The fourth-order valence-corrected chi connectivity index (χ4v) is 17.9. The number of carbonyl (C=O) groups excluding carboxylic acids is 1. The third-order valence-corrected chi connectivity index (χ3v) is 18.2. The highest BCUT2D eigenvalue weighted by molar-refractivity contribution is 6.78. The van der Waals surface area contributed by atoms with Gasteiger partial charge in [0.1, 0.15) is 0 Å². The van der Waals surface area contributed by atoms with Crippen molar-refractivity contribution < 1.29 is 29.8 Å². The third kappa shape index (κ3) is 6.56. The molecule has 1 heterocycles. The molecule has 0 radical (unpaired) electrons. The van der Waals surface area contributed by atoms with Crippen molar-refractivity contribution in [3.63, 3.8) is 0 Å². The summed E-state index contributed by atoms with van der Waals surface area (Å²) >= 11 is 0. The van der Waals surface area contributed by atoms with Crippen LogP contribution in [0.15, 0.2) is 0 Å². The summed E-state index contributed by atoms with van der Waals surface area (Å²) in [5.41, 5.74) is 0. The molecule has 1 fully saturated rings. The molecule has 0 bridgehead atoms. The van der Waals surface area contributed by atoms with Crippen molar-refractivity contribution in [3.05, 3.63) is 0 Å². The molecule has 0 aromatic rings. The molecule has 0 N–H and O–H groups in total. The lowest BCUT2D eigenvalue weighted by Gasteiger charge is -2.34. The van der Waals surface area contributed by atoms with E-state index in [4.69, 9.17) is 25.0 Å². The second-order valence-electron chi connectivity index (χ2n) is 4.37. The molecule has 19 heavy (non-hydrogen) atoms. The van der Waals surface area contributed by atoms with Gasteiger partial charge in [0.15, 0.2) is 0 Å². The van der Waals surface area contributed by atoms with Gasteiger partial charge in [0.05, 0.1) is 0 Å². The second kappa shape index (κ2) is 7.39. The Balaban J connectivity index is 2.82. The van der Waals surface area contributed by atoms with Gasteiger partial charge in [-0.3, -0.25) is 4.79 Å². The Hall–Kier alpha value is 0.354. The molecule has 12 heteroatoms. The van der Waals surface area contributed by atoms with E-state index in [-0.39, 0.29) is 0 Å². The van der Waals surface area contributed by atoms with Crippen LogP contribution < -0.4 is 0 Å². The quantitative estimate of drug-likeness (QED) is 0.591. The van der Waals surface area contributed by atoms with Gasteiger partial charge in [0.2, 0.25) is 0 Å². The molecule has 0 aromatic heterocycles. The third-order valence-electron chi connectivity index (χ3n) is 2.24. The molecule has 0 aromatic carbocycles. The van der Waals surface area contributed by atoms with Crippen molar-refractivity contribution in [1.29, 1.82) is 0 Å². The van der Waals surface area contributed by atoms with Gasteiger partial charge < -0.3 is 25.0 Å². The molecule has 0 aliphatic carbocycles. The van der Waals surface area contributed by atoms with Gasteiger partial charge in [-0.15, -0.1) is 0 Å². The molecule has 0 spiro atoms. The molecular formula is C7H22O7Si5. The summed E-state index contributed by atoms with van der Waals surface area (Å²) in [6.07, 6.45) is 0. The minimum absolute atomic E-state index is 0.402. The number of hydrogen-bond acceptors (Lipinski definition) is 7. The topological polar surface area (TPSA) is 72.5 Å². The zero-order valence-electron chi connectivity index (χ0n) is 12.2. The molecule has 1 aliphatic rings. The van der Waals surface area contributed by atoms with Crippen LogP contribution in [0.4, 0.5) is 0 Å². The number of hydrogen-bond donors (Lipinski definition) is 0. The highest BCUT2D eigenvalue weighted by atomic mass is 28.5. The maximum Gasteiger partial charge on any atom is 0.546 e. The van der Waals surface area contributed by atoms with E-state index in [2.05, 4.69) is 0 Å². The van der Waals surface area contributed by atoms with E-state index >= 15 is 0 Å². The summed E-state index contributed by atoms with van der Waals surface area (Å²) in [4.78, 5) is 11.2. The van der Waals surface area contributed by atoms with Crippen LogP contribution in [0, 0.1) is 0 Å². The maximum absolute atomic E-state index is 11.2. The molecular weight excluding hydrogens is 337 g/mol. The van der Waals surface area contributed by atoms with Crippen molar-refractivity contribution >= 4 is 51.9 Å². The molecule has 4 atom stereocenters. The molecule has 4 unspecified atom stereocenters. The van der Waals surface area contributed by atoms with Crippen LogP contribution in [0.3, 0.4) is 0 Å². The number of carbonyl (C=O) groups is 1. The first kappa shape index (κ1) is 17.4. The average Bonchev–Trinajstić information content (AvgIpc) is 2.10. The first-order valence-electron chi connectivity index (χ1n) is 6.22. The normalized spacial score (nSPS) is 41.6. The predicted octanol–water partition coefficient (Wildman–Crippen LogP) is -0.384. The molecule has 112 valence electrons. The van der Waals surface area contributed by atoms with Crippen LogP contribution in [0.25, 0.3) is 0 Å². The molecule has 7 nitrogen and oxygen atoms in total. The summed E-state index contributed by atoms with van der Waals surface area (Å²) in [5.74, 6) is -0.402. The van der Waals surface area contributed by atoms with Crippen LogP contribution in [0.2, 0.25) is 32.7 Å². The fourth-order valence-electron chi connectivity index (χ4n) is 1.87. The molecule has 1 saturated heterocycles. The predicted molar refractivity (Wildman–Crippen MR) is 80.9 cm³/mol. The van der Waals surface area contributed by atoms with Crippen LogP contribution in [0.5, 0.6) is 0 Å². The highest BCUT2D eigenvalue weighted by Gasteiger charge is 2.43. The Kier molecular flexibility index (Phi) is 6.77. The summed E-state index contributed by atoms with van der Waals surface area (Å²) in [6, 6.07) is 0. The molecule has 0 saturated carbocycles. The lowest BCUT2D eigenvalue weighted by Crippen LogP contribution is -2.54. The van der Waals surface area contributed by atoms with Gasteiger partial charge >= 0.3 is 27.4 Å². The van der Waals surface area contributed by atoms with E-state index in [9.17, 15) is 4.79 Å². The lowest BCUT2D eigenvalue weighted by atomic mass is 10.9. The Morgan fingerprint density at radius 1 is 0.895 bits per heavy atom. The van der Waals surface area contributed by atoms with E-state index < -0.39 is 51.9 Å². The van der Waals surface area contributed by atoms with E-state index in [0.717, 1.165) is 0 Å². The van der Waals surface area contributed by atoms with Gasteiger partial charge in [0, 0.05) is 13.5 Å².